The van der Waals surface area contributed by atoms with E-state index in [0.29, 0.717) is 0 Å². The average molecular weight is 175 g/mol. The van der Waals surface area contributed by atoms with E-state index < -0.39 is 5.97 Å². The second-order valence-electron chi connectivity index (χ2n) is 2.08. The monoisotopic (exact) mass is 175 g/mol. The van der Waals surface area contributed by atoms with Gasteiger partial charge in [0.1, 0.15) is 0 Å². The van der Waals surface area contributed by atoms with E-state index in [1.54, 1.807) is 7.05 Å². The maximum absolute atomic E-state index is 10.5. The van der Waals surface area contributed by atoms with Crippen molar-refractivity contribution >= 4 is 11.9 Å². The molecule has 0 atom stereocenters. The Morgan fingerprint density at radius 1 is 1.33 bits per heavy atom. The Morgan fingerprint density at radius 2 is 1.75 bits per heavy atom. The first-order valence-corrected chi connectivity index (χ1v) is 3.97. The largest absolute Gasteiger partial charge is 0.481 e. The standard InChI is InChI=1S/C6H11NO3.C2H6/c1-5(8)7(2)4-3-6(9)10;1-2/h3-4H2,1-2H3,(H,9,10);1-2H3. The third-order valence-electron chi connectivity index (χ3n) is 1.20. The lowest BCUT2D eigenvalue weighted by Crippen LogP contribution is -2.26. The van der Waals surface area contributed by atoms with Crippen LogP contribution in [0.15, 0.2) is 0 Å². The summed E-state index contributed by atoms with van der Waals surface area (Å²) in [5.74, 6) is -0.991. The van der Waals surface area contributed by atoms with E-state index in [4.69, 9.17) is 5.11 Å². The topological polar surface area (TPSA) is 57.6 Å². The van der Waals surface area contributed by atoms with Gasteiger partial charge in [-0.1, -0.05) is 13.8 Å². The Hall–Kier alpha value is -1.06. The predicted octanol–water partition coefficient (Wildman–Crippen LogP) is 0.966. The van der Waals surface area contributed by atoms with Crippen molar-refractivity contribution in [2.75, 3.05) is 13.6 Å². The lowest BCUT2D eigenvalue weighted by atomic mass is 10.4. The highest BCUT2D eigenvalue weighted by Gasteiger charge is 2.03. The van der Waals surface area contributed by atoms with E-state index in [0.717, 1.165) is 0 Å². The number of carbonyl (C=O) groups excluding carboxylic acids is 1. The van der Waals surface area contributed by atoms with Crippen molar-refractivity contribution in [2.24, 2.45) is 0 Å². The summed E-state index contributed by atoms with van der Waals surface area (Å²) in [6.45, 7) is 5.69. The number of nitrogens with zero attached hydrogens (tertiary/aromatic N) is 1. The Morgan fingerprint density at radius 3 is 2.00 bits per heavy atom. The molecule has 0 spiro atoms. The SMILES string of the molecule is CC.CC(=O)N(C)CCC(=O)O. The lowest BCUT2D eigenvalue weighted by Gasteiger charge is -2.11. The van der Waals surface area contributed by atoms with E-state index in [9.17, 15) is 9.59 Å². The van der Waals surface area contributed by atoms with Crippen LogP contribution in [0.1, 0.15) is 27.2 Å². The third kappa shape index (κ3) is 8.94. The first kappa shape index (κ1) is 13.5. The number of hydrogen-bond donors (Lipinski definition) is 1. The van der Waals surface area contributed by atoms with Crippen LogP contribution < -0.4 is 0 Å². The number of carbonyl (C=O) groups is 2. The summed E-state index contributed by atoms with van der Waals surface area (Å²) < 4.78 is 0. The van der Waals surface area contributed by atoms with Gasteiger partial charge in [0.25, 0.3) is 0 Å². The minimum Gasteiger partial charge on any atom is -0.481 e. The minimum absolute atomic E-state index is 0.0100. The Balaban J connectivity index is 0. The quantitative estimate of drug-likeness (QED) is 0.695. The summed E-state index contributed by atoms with van der Waals surface area (Å²) in [6.07, 6.45) is 0.0100. The molecule has 0 aliphatic heterocycles. The van der Waals surface area contributed by atoms with E-state index in [1.807, 2.05) is 13.8 Å². The van der Waals surface area contributed by atoms with Gasteiger partial charge in [0.05, 0.1) is 6.42 Å². The van der Waals surface area contributed by atoms with Gasteiger partial charge in [0.2, 0.25) is 5.91 Å². The summed E-state index contributed by atoms with van der Waals surface area (Å²) in [4.78, 5) is 21.8. The maximum atomic E-state index is 10.5. The molecule has 72 valence electrons. The second-order valence-corrected chi connectivity index (χ2v) is 2.08. The number of carboxylic acids is 1. The van der Waals surface area contributed by atoms with E-state index in [2.05, 4.69) is 0 Å². The van der Waals surface area contributed by atoms with Gasteiger partial charge >= 0.3 is 5.97 Å². The van der Waals surface area contributed by atoms with Crippen LogP contribution in [0.25, 0.3) is 0 Å². The van der Waals surface area contributed by atoms with Crippen molar-refractivity contribution in [2.45, 2.75) is 27.2 Å². The van der Waals surface area contributed by atoms with E-state index >= 15 is 0 Å². The molecule has 0 unspecified atom stereocenters. The summed E-state index contributed by atoms with van der Waals surface area (Å²) in [7, 11) is 1.57. The molecule has 0 saturated heterocycles. The van der Waals surface area contributed by atoms with Crippen molar-refractivity contribution in [3.05, 3.63) is 0 Å². The van der Waals surface area contributed by atoms with Gasteiger partial charge in [-0.05, 0) is 0 Å². The van der Waals surface area contributed by atoms with Crippen molar-refractivity contribution in [1.29, 1.82) is 0 Å². The molecule has 4 nitrogen and oxygen atoms in total. The molecular weight excluding hydrogens is 158 g/mol. The summed E-state index contributed by atoms with van der Waals surface area (Å²) >= 11 is 0. The fourth-order valence-electron chi connectivity index (χ4n) is 0.421. The van der Waals surface area contributed by atoms with Gasteiger partial charge in [-0.15, -0.1) is 0 Å². The third-order valence-corrected chi connectivity index (χ3v) is 1.20. The van der Waals surface area contributed by atoms with Gasteiger partial charge in [0, 0.05) is 20.5 Å². The molecule has 0 aromatic carbocycles. The summed E-state index contributed by atoms with van der Waals surface area (Å²) in [5.41, 5.74) is 0. The zero-order valence-electron chi connectivity index (χ0n) is 8.13. The van der Waals surface area contributed by atoms with Gasteiger partial charge in [-0.2, -0.15) is 0 Å². The highest BCUT2D eigenvalue weighted by Crippen LogP contribution is 1.87. The molecule has 1 amide bonds. The summed E-state index contributed by atoms with van der Waals surface area (Å²) in [5, 5.41) is 8.21. The van der Waals surface area contributed by atoms with Crippen molar-refractivity contribution in [3.8, 4) is 0 Å². The minimum atomic E-state index is -0.881. The second kappa shape index (κ2) is 8.04. The van der Waals surface area contributed by atoms with Crippen molar-refractivity contribution < 1.29 is 14.7 Å². The Bertz CT molecular complexity index is 145. The first-order valence-electron chi connectivity index (χ1n) is 3.97. The fraction of sp³-hybridized carbons (Fsp3) is 0.750. The Kier molecular flexibility index (Phi) is 9.06. The first-order chi connectivity index (χ1) is 5.54. The molecule has 0 rings (SSSR count). The molecular formula is C8H17NO3. The number of amides is 1. The van der Waals surface area contributed by atoms with Gasteiger partial charge in [-0.25, -0.2) is 0 Å². The smallest absolute Gasteiger partial charge is 0.305 e. The predicted molar refractivity (Wildman–Crippen MR) is 46.9 cm³/mol. The lowest BCUT2D eigenvalue weighted by molar-refractivity contribution is -0.137. The molecule has 0 aliphatic carbocycles. The molecule has 0 heterocycles. The zero-order chi connectivity index (χ0) is 10.1. The van der Waals surface area contributed by atoms with Gasteiger partial charge < -0.3 is 10.0 Å². The molecule has 1 N–H and O–H groups in total. The van der Waals surface area contributed by atoms with Gasteiger partial charge in [0.15, 0.2) is 0 Å². The van der Waals surface area contributed by atoms with Gasteiger partial charge in [-0.3, -0.25) is 9.59 Å². The maximum Gasteiger partial charge on any atom is 0.305 e. The highest BCUT2D eigenvalue weighted by molar-refractivity contribution is 5.74. The molecule has 0 bridgehead atoms. The van der Waals surface area contributed by atoms with Crippen LogP contribution in [0.3, 0.4) is 0 Å². The number of carboxylic acid groups (broad SMARTS) is 1. The van der Waals surface area contributed by atoms with Crippen LogP contribution in [0.2, 0.25) is 0 Å². The Labute approximate surface area is 73.2 Å². The normalized spacial score (nSPS) is 8.00. The zero-order valence-corrected chi connectivity index (χ0v) is 8.13. The fourth-order valence-corrected chi connectivity index (χ4v) is 0.421. The highest BCUT2D eigenvalue weighted by atomic mass is 16.4. The molecule has 0 aromatic rings. The van der Waals surface area contributed by atoms with Crippen molar-refractivity contribution in [1.82, 2.24) is 4.90 Å². The molecule has 0 fully saturated rings. The van der Waals surface area contributed by atoms with Crippen LogP contribution in [-0.2, 0) is 9.59 Å². The van der Waals surface area contributed by atoms with Crippen LogP contribution >= 0.6 is 0 Å². The van der Waals surface area contributed by atoms with E-state index in [-0.39, 0.29) is 18.9 Å². The molecule has 4 heteroatoms. The average Bonchev–Trinajstić information content (AvgIpc) is 2.03. The van der Waals surface area contributed by atoms with Crippen LogP contribution in [0.5, 0.6) is 0 Å². The molecule has 0 saturated carbocycles. The van der Waals surface area contributed by atoms with Crippen LogP contribution in [0.4, 0.5) is 0 Å². The summed E-state index contributed by atoms with van der Waals surface area (Å²) in [6, 6.07) is 0. The molecule has 12 heavy (non-hydrogen) atoms. The van der Waals surface area contributed by atoms with E-state index in [1.165, 1.54) is 11.8 Å². The number of hydrogen-bond acceptors (Lipinski definition) is 2. The number of rotatable bonds is 3. The number of aliphatic carboxylic acids is 1. The van der Waals surface area contributed by atoms with Crippen LogP contribution in [-0.4, -0.2) is 35.5 Å². The van der Waals surface area contributed by atoms with Crippen molar-refractivity contribution in [3.63, 3.8) is 0 Å². The molecule has 0 aromatic heterocycles. The molecule has 0 aliphatic rings. The van der Waals surface area contributed by atoms with Crippen LogP contribution in [0, 0.1) is 0 Å². The molecule has 0 radical (unpaired) electrons.